The number of amides is 1. The number of carbonyl (C=O) groups is 1. The van der Waals surface area contributed by atoms with Crippen molar-refractivity contribution in [1.82, 2.24) is 4.98 Å². The van der Waals surface area contributed by atoms with E-state index >= 15 is 0 Å². The molecule has 1 aromatic heterocycles. The number of ether oxygens (including phenoxy) is 1. The Morgan fingerprint density at radius 1 is 1.32 bits per heavy atom. The lowest BCUT2D eigenvalue weighted by Gasteiger charge is -2.07. The Balaban J connectivity index is 1.89. The fourth-order valence-corrected chi connectivity index (χ4v) is 3.25. The Kier molecular flexibility index (Phi) is 7.39. The van der Waals surface area contributed by atoms with E-state index in [9.17, 15) is 13.8 Å². The van der Waals surface area contributed by atoms with E-state index in [2.05, 4.69) is 26.2 Å². The minimum atomic E-state index is -1.43. The molecule has 1 amide bonds. The zero-order valence-corrected chi connectivity index (χ0v) is 16.1. The van der Waals surface area contributed by atoms with Crippen molar-refractivity contribution in [2.75, 3.05) is 17.7 Å². The highest BCUT2D eigenvalue weighted by molar-refractivity contribution is 9.10. The Morgan fingerprint density at radius 2 is 2.04 bits per heavy atom. The Bertz CT molecular complexity index is 805. The Hall–Kier alpha value is -1.93. The van der Waals surface area contributed by atoms with Gasteiger partial charge in [0.2, 0.25) is 11.3 Å². The van der Waals surface area contributed by atoms with Crippen LogP contribution in [0.5, 0.6) is 5.75 Å². The number of anilines is 1. The second kappa shape index (κ2) is 9.53. The number of pyridine rings is 1. The highest BCUT2D eigenvalue weighted by Crippen LogP contribution is 2.14. The predicted octanol–water partition coefficient (Wildman–Crippen LogP) is 2.81. The number of benzene rings is 1. The van der Waals surface area contributed by atoms with Gasteiger partial charge in [-0.3, -0.25) is 13.8 Å². The van der Waals surface area contributed by atoms with Crippen LogP contribution in [0.25, 0.3) is 0 Å². The van der Waals surface area contributed by atoms with Gasteiger partial charge in [0.1, 0.15) is 5.75 Å². The SMILES string of the molecule is CCCOc1c[nH]c(CS(=O)CC(=O)Nc2ccc(Br)cc2)cc1=O. The lowest BCUT2D eigenvalue weighted by Crippen LogP contribution is -2.20. The zero-order valence-electron chi connectivity index (χ0n) is 13.7. The van der Waals surface area contributed by atoms with E-state index in [1.165, 1.54) is 12.3 Å². The molecule has 1 aromatic carbocycles. The molecule has 6 nitrogen and oxygen atoms in total. The van der Waals surface area contributed by atoms with Gasteiger partial charge in [-0.05, 0) is 30.7 Å². The first-order valence-corrected chi connectivity index (χ1v) is 10.0. The molecule has 1 unspecified atom stereocenters. The van der Waals surface area contributed by atoms with E-state index in [1.807, 2.05) is 6.92 Å². The molecule has 0 aliphatic carbocycles. The van der Waals surface area contributed by atoms with Crippen molar-refractivity contribution < 1.29 is 13.7 Å². The molecule has 25 heavy (non-hydrogen) atoms. The number of halogens is 1. The van der Waals surface area contributed by atoms with Crippen LogP contribution >= 0.6 is 15.9 Å². The van der Waals surface area contributed by atoms with Crippen LogP contribution in [0.4, 0.5) is 5.69 Å². The summed E-state index contributed by atoms with van der Waals surface area (Å²) in [6.45, 7) is 2.41. The zero-order chi connectivity index (χ0) is 18.2. The summed E-state index contributed by atoms with van der Waals surface area (Å²) in [7, 11) is -1.43. The third-order valence-corrected chi connectivity index (χ3v) is 4.88. The van der Waals surface area contributed by atoms with Crippen molar-refractivity contribution in [1.29, 1.82) is 0 Å². The lowest BCUT2D eigenvalue weighted by molar-refractivity contribution is -0.113. The number of nitrogens with one attached hydrogen (secondary N) is 2. The molecule has 2 aromatic rings. The monoisotopic (exact) mass is 426 g/mol. The molecule has 134 valence electrons. The third kappa shape index (κ3) is 6.47. The van der Waals surface area contributed by atoms with E-state index in [0.29, 0.717) is 18.0 Å². The van der Waals surface area contributed by atoms with E-state index in [1.54, 1.807) is 24.3 Å². The van der Waals surface area contributed by atoms with E-state index in [4.69, 9.17) is 4.74 Å². The van der Waals surface area contributed by atoms with Gasteiger partial charge in [-0.1, -0.05) is 22.9 Å². The molecule has 0 bridgehead atoms. The molecule has 0 spiro atoms. The third-order valence-electron chi connectivity index (χ3n) is 3.14. The summed E-state index contributed by atoms with van der Waals surface area (Å²) in [4.78, 5) is 26.7. The summed E-state index contributed by atoms with van der Waals surface area (Å²) in [6, 6.07) is 8.46. The Labute approximate surface area is 156 Å². The fraction of sp³-hybridized carbons (Fsp3) is 0.294. The van der Waals surface area contributed by atoms with Crippen molar-refractivity contribution in [2.45, 2.75) is 19.1 Å². The van der Waals surface area contributed by atoms with Gasteiger partial charge in [-0.15, -0.1) is 0 Å². The van der Waals surface area contributed by atoms with E-state index in [-0.39, 0.29) is 28.6 Å². The molecular weight excluding hydrogens is 408 g/mol. The normalized spacial score (nSPS) is 11.8. The standard InChI is InChI=1S/C17H19BrN2O4S/c1-2-7-24-16-9-19-14(8-15(16)21)10-25(23)11-17(22)20-13-5-3-12(18)4-6-13/h3-6,8-9H,2,7,10-11H2,1H3,(H,19,21)(H,20,22). The van der Waals surface area contributed by atoms with Crippen LogP contribution in [0.3, 0.4) is 0 Å². The first kappa shape index (κ1) is 19.4. The Morgan fingerprint density at radius 3 is 2.68 bits per heavy atom. The quantitative estimate of drug-likeness (QED) is 0.678. The number of carbonyl (C=O) groups excluding carboxylic acids is 1. The molecule has 2 N–H and O–H groups in total. The smallest absolute Gasteiger partial charge is 0.237 e. The van der Waals surface area contributed by atoms with Crippen molar-refractivity contribution in [3.05, 3.63) is 56.9 Å². The van der Waals surface area contributed by atoms with Crippen LogP contribution in [-0.4, -0.2) is 27.5 Å². The minimum absolute atomic E-state index is 0.0943. The van der Waals surface area contributed by atoms with Gasteiger partial charge in [0.15, 0.2) is 5.75 Å². The number of aromatic nitrogens is 1. The molecule has 0 radical (unpaired) electrons. The van der Waals surface area contributed by atoms with E-state index < -0.39 is 10.8 Å². The van der Waals surface area contributed by atoms with Crippen LogP contribution in [0, 0.1) is 0 Å². The van der Waals surface area contributed by atoms with E-state index in [0.717, 1.165) is 10.9 Å². The molecule has 0 aliphatic heterocycles. The van der Waals surface area contributed by atoms with Crippen molar-refractivity contribution in [2.24, 2.45) is 0 Å². The van der Waals surface area contributed by atoms with Crippen LogP contribution in [-0.2, 0) is 21.3 Å². The molecule has 0 aliphatic rings. The summed E-state index contributed by atoms with van der Waals surface area (Å²) in [5.74, 6) is -0.154. The fourth-order valence-electron chi connectivity index (χ4n) is 2.01. The molecular formula is C17H19BrN2O4S. The summed E-state index contributed by atoms with van der Waals surface area (Å²) in [5, 5.41) is 2.68. The van der Waals surface area contributed by atoms with Gasteiger partial charge >= 0.3 is 0 Å². The van der Waals surface area contributed by atoms with Crippen LogP contribution in [0.1, 0.15) is 19.0 Å². The number of hydrogen-bond donors (Lipinski definition) is 2. The lowest BCUT2D eigenvalue weighted by atomic mass is 10.3. The van der Waals surface area contributed by atoms with Crippen LogP contribution in [0.15, 0.2) is 45.8 Å². The first-order valence-electron chi connectivity index (χ1n) is 7.72. The maximum absolute atomic E-state index is 12.1. The van der Waals surface area contributed by atoms with Gasteiger partial charge in [-0.2, -0.15) is 0 Å². The topological polar surface area (TPSA) is 88.3 Å². The summed E-state index contributed by atoms with van der Waals surface area (Å²) in [5.41, 5.74) is 0.873. The van der Waals surface area contributed by atoms with Gasteiger partial charge in [0.05, 0.1) is 12.4 Å². The van der Waals surface area contributed by atoms with Crippen molar-refractivity contribution in [3.8, 4) is 5.75 Å². The summed E-state index contributed by atoms with van der Waals surface area (Å²) in [6.07, 6.45) is 2.27. The average Bonchev–Trinajstić information content (AvgIpc) is 2.56. The minimum Gasteiger partial charge on any atom is -0.488 e. The first-order chi connectivity index (χ1) is 12.0. The molecule has 1 atom stereocenters. The maximum atomic E-state index is 12.1. The number of aromatic amines is 1. The number of rotatable bonds is 8. The highest BCUT2D eigenvalue weighted by atomic mass is 79.9. The van der Waals surface area contributed by atoms with Crippen LogP contribution < -0.4 is 15.5 Å². The molecule has 8 heteroatoms. The number of hydrogen-bond acceptors (Lipinski definition) is 4. The molecule has 0 fully saturated rings. The largest absolute Gasteiger partial charge is 0.488 e. The molecule has 2 rings (SSSR count). The second-order valence-electron chi connectivity index (χ2n) is 5.32. The maximum Gasteiger partial charge on any atom is 0.237 e. The average molecular weight is 427 g/mol. The molecule has 0 saturated heterocycles. The van der Waals surface area contributed by atoms with Crippen LogP contribution in [0.2, 0.25) is 0 Å². The van der Waals surface area contributed by atoms with Crippen molar-refractivity contribution >= 4 is 38.3 Å². The van der Waals surface area contributed by atoms with Gasteiger partial charge in [0.25, 0.3) is 0 Å². The predicted molar refractivity (Wildman–Crippen MR) is 102 cm³/mol. The summed E-state index contributed by atoms with van der Waals surface area (Å²) >= 11 is 3.31. The second-order valence-corrected chi connectivity index (χ2v) is 7.69. The molecule has 1 heterocycles. The number of H-pyrrole nitrogens is 1. The molecule has 0 saturated carbocycles. The van der Waals surface area contributed by atoms with Crippen molar-refractivity contribution in [3.63, 3.8) is 0 Å². The van der Waals surface area contributed by atoms with Gasteiger partial charge in [0, 0.05) is 38.9 Å². The highest BCUT2D eigenvalue weighted by Gasteiger charge is 2.11. The van der Waals surface area contributed by atoms with Gasteiger partial charge in [-0.25, -0.2) is 0 Å². The van der Waals surface area contributed by atoms with Gasteiger partial charge < -0.3 is 15.0 Å². The summed E-state index contributed by atoms with van der Waals surface area (Å²) < 4.78 is 18.3.